The van der Waals surface area contributed by atoms with Crippen molar-refractivity contribution in [2.45, 2.75) is 46.1 Å². The number of carbonyl (C=O) groups excluding carboxylic acids is 1. The lowest BCUT2D eigenvalue weighted by Crippen LogP contribution is -2.40. The molecular weight excluding hydrogens is 268 g/mol. The lowest BCUT2D eigenvalue weighted by molar-refractivity contribution is 0.0937. The van der Waals surface area contributed by atoms with E-state index < -0.39 is 0 Å². The monoisotopic (exact) mass is 290 g/mol. The molecule has 0 aliphatic carbocycles. The van der Waals surface area contributed by atoms with Crippen LogP contribution in [0, 0.1) is 13.8 Å². The van der Waals surface area contributed by atoms with Gasteiger partial charge in [-0.25, -0.2) is 4.98 Å². The fourth-order valence-corrected chi connectivity index (χ4v) is 2.36. The fourth-order valence-electron chi connectivity index (χ4n) is 2.36. The van der Waals surface area contributed by atoms with Gasteiger partial charge in [0.2, 0.25) is 0 Å². The Hall–Kier alpha value is -1.95. The van der Waals surface area contributed by atoms with Crippen LogP contribution < -0.4 is 11.1 Å². The SMILES string of the molecule is CCCCC(CN)NC(=O)c1cc(C)nc2onc(C)c12. The Morgan fingerprint density at radius 2 is 2.24 bits per heavy atom. The summed E-state index contributed by atoms with van der Waals surface area (Å²) in [7, 11) is 0. The number of amides is 1. The van der Waals surface area contributed by atoms with Gasteiger partial charge in [0, 0.05) is 18.3 Å². The van der Waals surface area contributed by atoms with E-state index in [1.165, 1.54) is 0 Å². The second kappa shape index (κ2) is 6.67. The maximum atomic E-state index is 12.5. The number of nitrogens with zero attached hydrogens (tertiary/aromatic N) is 2. The van der Waals surface area contributed by atoms with Crippen LogP contribution in [0.1, 0.15) is 47.9 Å². The molecule has 1 unspecified atom stereocenters. The Balaban J connectivity index is 2.28. The molecule has 6 nitrogen and oxygen atoms in total. The van der Waals surface area contributed by atoms with Crippen LogP contribution in [0.4, 0.5) is 0 Å². The number of unbranched alkanes of at least 4 members (excludes halogenated alkanes) is 1. The van der Waals surface area contributed by atoms with E-state index in [1.807, 2.05) is 6.92 Å². The topological polar surface area (TPSA) is 94.0 Å². The van der Waals surface area contributed by atoms with E-state index in [1.54, 1.807) is 13.0 Å². The second-order valence-corrected chi connectivity index (χ2v) is 5.31. The Morgan fingerprint density at radius 3 is 2.90 bits per heavy atom. The summed E-state index contributed by atoms with van der Waals surface area (Å²) in [6.07, 6.45) is 3.00. The van der Waals surface area contributed by atoms with Crippen molar-refractivity contribution in [3.8, 4) is 0 Å². The van der Waals surface area contributed by atoms with Gasteiger partial charge in [-0.05, 0) is 26.3 Å². The quantitative estimate of drug-likeness (QED) is 0.849. The van der Waals surface area contributed by atoms with Crippen molar-refractivity contribution in [3.05, 3.63) is 23.0 Å². The van der Waals surface area contributed by atoms with Crippen molar-refractivity contribution in [3.63, 3.8) is 0 Å². The molecule has 2 aromatic rings. The summed E-state index contributed by atoms with van der Waals surface area (Å²) in [4.78, 5) is 16.8. The van der Waals surface area contributed by atoms with E-state index in [4.69, 9.17) is 10.3 Å². The normalized spacial score (nSPS) is 12.6. The maximum absolute atomic E-state index is 12.5. The molecule has 1 atom stereocenters. The molecule has 3 N–H and O–H groups in total. The summed E-state index contributed by atoms with van der Waals surface area (Å²) in [5, 5.41) is 7.55. The van der Waals surface area contributed by atoms with Crippen molar-refractivity contribution >= 4 is 17.0 Å². The van der Waals surface area contributed by atoms with Crippen LogP contribution in [-0.2, 0) is 0 Å². The molecule has 2 aromatic heterocycles. The summed E-state index contributed by atoms with van der Waals surface area (Å²) in [5.41, 5.74) is 8.07. The number of pyridine rings is 1. The molecule has 0 saturated heterocycles. The number of hydrogen-bond donors (Lipinski definition) is 2. The first-order chi connectivity index (χ1) is 10.1. The standard InChI is InChI=1S/C15H22N4O2/c1-4-5-6-11(8-16)18-14(20)12-7-9(2)17-15-13(12)10(3)19-21-15/h7,11H,4-6,8,16H2,1-3H3,(H,18,20). The Labute approximate surface area is 124 Å². The number of aromatic nitrogens is 2. The molecule has 0 aromatic carbocycles. The summed E-state index contributed by atoms with van der Waals surface area (Å²) in [6.45, 7) is 6.18. The molecule has 0 aliphatic rings. The zero-order chi connectivity index (χ0) is 15.4. The Morgan fingerprint density at radius 1 is 1.48 bits per heavy atom. The maximum Gasteiger partial charge on any atom is 0.258 e. The highest BCUT2D eigenvalue weighted by atomic mass is 16.5. The highest BCUT2D eigenvalue weighted by Gasteiger charge is 2.19. The first-order valence-corrected chi connectivity index (χ1v) is 7.31. The molecule has 114 valence electrons. The van der Waals surface area contributed by atoms with Crippen LogP contribution in [0.5, 0.6) is 0 Å². The van der Waals surface area contributed by atoms with E-state index in [9.17, 15) is 4.79 Å². The van der Waals surface area contributed by atoms with E-state index in [2.05, 4.69) is 22.4 Å². The molecule has 21 heavy (non-hydrogen) atoms. The van der Waals surface area contributed by atoms with Crippen molar-refractivity contribution in [2.24, 2.45) is 5.73 Å². The number of nitrogens with two attached hydrogens (primary N) is 1. The van der Waals surface area contributed by atoms with Crippen LogP contribution in [0.15, 0.2) is 10.6 Å². The van der Waals surface area contributed by atoms with Crippen LogP contribution in [0.3, 0.4) is 0 Å². The predicted octanol–water partition coefficient (Wildman–Crippen LogP) is 2.09. The van der Waals surface area contributed by atoms with Gasteiger partial charge < -0.3 is 15.6 Å². The third-order valence-electron chi connectivity index (χ3n) is 3.52. The minimum Gasteiger partial charge on any atom is -0.348 e. The minimum absolute atomic E-state index is 0.0128. The predicted molar refractivity (Wildman–Crippen MR) is 81.1 cm³/mol. The molecule has 6 heteroatoms. The van der Waals surface area contributed by atoms with Crippen LogP contribution in [0.2, 0.25) is 0 Å². The molecule has 0 saturated carbocycles. The van der Waals surface area contributed by atoms with Crippen molar-refractivity contribution < 1.29 is 9.32 Å². The molecule has 1 amide bonds. The number of fused-ring (bicyclic) bond motifs is 1. The Kier molecular flexibility index (Phi) is 4.90. The van der Waals surface area contributed by atoms with E-state index >= 15 is 0 Å². The molecule has 0 spiro atoms. The number of rotatable bonds is 6. The molecule has 2 rings (SSSR count). The fraction of sp³-hybridized carbons (Fsp3) is 0.533. The highest BCUT2D eigenvalue weighted by Crippen LogP contribution is 2.22. The first-order valence-electron chi connectivity index (χ1n) is 7.31. The average Bonchev–Trinajstić information content (AvgIpc) is 2.83. The minimum atomic E-state index is -0.150. The van der Waals surface area contributed by atoms with E-state index in [-0.39, 0.29) is 11.9 Å². The van der Waals surface area contributed by atoms with Gasteiger partial charge in [0.1, 0.15) is 0 Å². The van der Waals surface area contributed by atoms with Gasteiger partial charge in [-0.1, -0.05) is 24.9 Å². The van der Waals surface area contributed by atoms with Gasteiger partial charge in [0.15, 0.2) is 0 Å². The third-order valence-corrected chi connectivity index (χ3v) is 3.52. The number of aryl methyl sites for hydroxylation is 2. The Bertz CT molecular complexity index is 636. The number of nitrogens with one attached hydrogen (secondary N) is 1. The highest BCUT2D eigenvalue weighted by molar-refractivity contribution is 6.06. The van der Waals surface area contributed by atoms with E-state index in [0.29, 0.717) is 28.9 Å². The van der Waals surface area contributed by atoms with E-state index in [0.717, 1.165) is 25.0 Å². The first kappa shape index (κ1) is 15.4. The van der Waals surface area contributed by atoms with Gasteiger partial charge in [0.05, 0.1) is 16.6 Å². The second-order valence-electron chi connectivity index (χ2n) is 5.31. The van der Waals surface area contributed by atoms with Crippen molar-refractivity contribution in [1.29, 1.82) is 0 Å². The zero-order valence-electron chi connectivity index (χ0n) is 12.8. The number of hydrogen-bond acceptors (Lipinski definition) is 5. The van der Waals surface area contributed by atoms with Crippen molar-refractivity contribution in [2.75, 3.05) is 6.54 Å². The molecule has 0 bridgehead atoms. The smallest absolute Gasteiger partial charge is 0.258 e. The summed E-state index contributed by atoms with van der Waals surface area (Å²) >= 11 is 0. The molecular formula is C15H22N4O2. The van der Waals surface area contributed by atoms with Crippen molar-refractivity contribution in [1.82, 2.24) is 15.5 Å². The molecule has 0 fully saturated rings. The molecule has 2 heterocycles. The van der Waals surface area contributed by atoms with Gasteiger partial charge in [-0.3, -0.25) is 4.79 Å². The number of carbonyl (C=O) groups is 1. The summed E-state index contributed by atoms with van der Waals surface area (Å²) in [6, 6.07) is 1.75. The summed E-state index contributed by atoms with van der Waals surface area (Å²) < 4.78 is 5.15. The lowest BCUT2D eigenvalue weighted by Gasteiger charge is -2.16. The zero-order valence-corrected chi connectivity index (χ0v) is 12.8. The molecule has 0 radical (unpaired) electrons. The lowest BCUT2D eigenvalue weighted by atomic mass is 10.1. The third kappa shape index (κ3) is 3.39. The van der Waals surface area contributed by atoms with Gasteiger partial charge >= 0.3 is 0 Å². The molecule has 0 aliphatic heterocycles. The summed E-state index contributed by atoms with van der Waals surface area (Å²) in [5.74, 6) is -0.150. The van der Waals surface area contributed by atoms with Crippen LogP contribution >= 0.6 is 0 Å². The average molecular weight is 290 g/mol. The largest absolute Gasteiger partial charge is 0.348 e. The van der Waals surface area contributed by atoms with Gasteiger partial charge in [0.25, 0.3) is 11.6 Å². The van der Waals surface area contributed by atoms with Crippen LogP contribution in [0.25, 0.3) is 11.1 Å². The van der Waals surface area contributed by atoms with Gasteiger partial charge in [-0.2, -0.15) is 0 Å². The van der Waals surface area contributed by atoms with Gasteiger partial charge in [-0.15, -0.1) is 0 Å². The van der Waals surface area contributed by atoms with Crippen LogP contribution in [-0.4, -0.2) is 28.6 Å².